The number of anilines is 2. The van der Waals surface area contributed by atoms with Crippen LogP contribution in [0.15, 0.2) is 119 Å². The number of phosphoric ester groups is 1. The molecule has 27 nitrogen and oxygen atoms in total. The van der Waals surface area contributed by atoms with Crippen molar-refractivity contribution in [1.82, 2.24) is 19.2 Å². The van der Waals surface area contributed by atoms with Gasteiger partial charge in [0.25, 0.3) is 6.47 Å². The first-order valence-electron chi connectivity index (χ1n) is 25.7. The van der Waals surface area contributed by atoms with Gasteiger partial charge in [-0.25, -0.2) is 35.6 Å². The van der Waals surface area contributed by atoms with Crippen molar-refractivity contribution in [2.45, 2.75) is 99.7 Å². The first kappa shape index (κ1) is 80.4. The maximum atomic E-state index is 13.6. The van der Waals surface area contributed by atoms with Gasteiger partial charge < -0.3 is 72.2 Å². The summed E-state index contributed by atoms with van der Waals surface area (Å²) in [6.45, 7) is 7.56. The molecule has 10 N–H and O–H groups in total. The molecular weight excluding hydrogens is 1230 g/mol. The summed E-state index contributed by atoms with van der Waals surface area (Å²) in [5.41, 5.74) is 13.6. The summed E-state index contributed by atoms with van der Waals surface area (Å²) in [6.07, 6.45) is -4.29. The van der Waals surface area contributed by atoms with Crippen molar-refractivity contribution in [1.29, 1.82) is 0 Å². The fourth-order valence-electron chi connectivity index (χ4n) is 8.33. The number of phosphoric acid groups is 1. The molecule has 0 aliphatic carbocycles. The van der Waals surface area contributed by atoms with Gasteiger partial charge in [-0.05, 0) is 84.3 Å². The molecule has 2 saturated heterocycles. The van der Waals surface area contributed by atoms with Gasteiger partial charge in [-0.3, -0.25) is 13.8 Å². The normalized spacial score (nSPS) is 17.1. The molecule has 85 heavy (non-hydrogen) atoms. The van der Waals surface area contributed by atoms with Gasteiger partial charge in [0.2, 0.25) is 20.0 Å². The number of nitrogens with zero attached hydrogens (tertiary/aromatic N) is 2. The zero-order chi connectivity index (χ0) is 60.7. The molecule has 4 aromatic carbocycles. The van der Waals surface area contributed by atoms with Gasteiger partial charge in [0.1, 0.15) is 24.4 Å². The fraction of sp³-hybridized carbons (Fsp3) is 0.471. The zero-order valence-corrected chi connectivity index (χ0v) is 58.0. The van der Waals surface area contributed by atoms with Gasteiger partial charge in [0.15, 0.2) is 0 Å². The number of benzene rings is 4. The van der Waals surface area contributed by atoms with Crippen LogP contribution >= 0.6 is 15.6 Å². The number of ether oxygens (including phenoxy) is 4. The quantitative estimate of drug-likeness (QED) is 0.00615. The predicted octanol–water partition coefficient (Wildman–Crippen LogP) is -6.30. The van der Waals surface area contributed by atoms with Crippen LogP contribution in [0.5, 0.6) is 0 Å². The molecule has 1 unspecified atom stereocenters. The maximum Gasteiger partial charge on any atom is 1.00 e. The second-order valence-electron chi connectivity index (χ2n) is 19.7. The molecule has 6 rings (SSSR count). The summed E-state index contributed by atoms with van der Waals surface area (Å²) in [5, 5.41) is 13.7. The van der Waals surface area contributed by atoms with Gasteiger partial charge in [-0.15, -0.1) is 0 Å². The van der Waals surface area contributed by atoms with Crippen LogP contribution in [0.4, 0.5) is 21.0 Å². The summed E-state index contributed by atoms with van der Waals surface area (Å²) < 4.78 is 112. The molecule has 0 radical (unpaired) electrons. The third-order valence-electron chi connectivity index (χ3n) is 12.0. The smallest absolute Gasteiger partial charge is 1.00 e. The van der Waals surface area contributed by atoms with Crippen LogP contribution < -0.4 is 121 Å². The van der Waals surface area contributed by atoms with Crippen molar-refractivity contribution in [3.05, 3.63) is 120 Å². The van der Waals surface area contributed by atoms with Crippen molar-refractivity contribution >= 4 is 65.7 Å². The Labute approximate surface area is 563 Å². The van der Waals surface area contributed by atoms with Crippen molar-refractivity contribution in [2.24, 2.45) is 11.8 Å². The Balaban J connectivity index is 0.00000151. The standard InChI is InChI=1S/2C25H36N3O9PS.CH2O3.3Na.H/c2*1-18(2)15-28(39(33,34)22-10-8-20(26)9-11-22)16-24(37-38(30,31)32)23(14-19-6-4-3-5-7-19)27-25(29)36-21-12-13-35-17-21;2-1-4-3;;;;/h2*3-11,18,21,23-24H,12-17,26H2,1-2H3,(H,27,29)(H2,30,31,32);1,3H;;;;/q;;;3*+1;-1/p-1/t2*21-,23-,24+;;;;;/m00...../s1. The third kappa shape index (κ3) is 30.2. The van der Waals surface area contributed by atoms with E-state index in [1.165, 1.54) is 48.5 Å². The first-order chi connectivity index (χ1) is 38.6. The average Bonchev–Trinajstić information content (AvgIpc) is 1.54. The molecule has 2 aliphatic heterocycles. The SMILES string of the molecule is CC(C)CN(C[C@@H](OP(=O)(O)O)[C@H](Cc1ccccc1)NC(=O)O[C@H]1CCOC1)S(=O)(=O)c1ccc(N)cc1.CC(C)CN(C[C@@H](OP(=O)([O-])[OH2+])[C@H](Cc1ccccc1)NC(=O)O[C@H]1CCOC1)S(=O)(=O)c1ccc(N)cc1.O=CO[O-].[H-].[Na+].[Na+].[Na+]. The summed E-state index contributed by atoms with van der Waals surface area (Å²) in [5.74, 6) is -0.283. The number of carbonyl (C=O) groups is 3. The number of nitrogens with one attached hydrogen (secondary N) is 2. The monoisotopic (exact) mass is 1300 g/mol. The van der Waals surface area contributed by atoms with Gasteiger partial charge in [-0.1, -0.05) is 88.4 Å². The van der Waals surface area contributed by atoms with E-state index in [0.717, 1.165) is 19.7 Å². The Morgan fingerprint density at radius 1 is 0.671 bits per heavy atom. The second-order valence-corrected chi connectivity index (χ2v) is 26.0. The molecule has 0 bridgehead atoms. The van der Waals surface area contributed by atoms with Gasteiger partial charge in [-0.2, -0.15) is 8.61 Å². The molecule has 34 heteroatoms. The van der Waals surface area contributed by atoms with Crippen LogP contribution in [-0.2, 0) is 79.7 Å². The fourth-order valence-corrected chi connectivity index (χ4v) is 12.7. The minimum Gasteiger partial charge on any atom is -1.00 e. The number of sulfonamides is 2. The van der Waals surface area contributed by atoms with Crippen LogP contribution in [0, 0.1) is 11.8 Å². The van der Waals surface area contributed by atoms with Crippen molar-refractivity contribution in [3.8, 4) is 0 Å². The summed E-state index contributed by atoms with van der Waals surface area (Å²) in [4.78, 5) is 75.8. The molecule has 4 aromatic rings. The zero-order valence-electron chi connectivity index (χ0n) is 49.6. The molecule has 7 atom stereocenters. The topological polar surface area (TPSA) is 410 Å². The molecule has 0 aromatic heterocycles. The summed E-state index contributed by atoms with van der Waals surface area (Å²) >= 11 is 0. The Morgan fingerprint density at radius 2 is 1.01 bits per heavy atom. The molecular formula is C51H74N6Na3O21P2S2+. The summed E-state index contributed by atoms with van der Waals surface area (Å²) in [6, 6.07) is 26.9. The summed E-state index contributed by atoms with van der Waals surface area (Å²) in [7, 11) is -18.5. The molecule has 458 valence electrons. The van der Waals surface area contributed by atoms with E-state index < -0.39 is 97.5 Å². The number of rotatable bonds is 27. The van der Waals surface area contributed by atoms with E-state index >= 15 is 0 Å². The Morgan fingerprint density at radius 3 is 1.29 bits per heavy atom. The Hall–Kier alpha value is -2.59. The van der Waals surface area contributed by atoms with Crippen LogP contribution in [0.3, 0.4) is 0 Å². The van der Waals surface area contributed by atoms with E-state index in [2.05, 4.69) is 15.5 Å². The molecule has 2 heterocycles. The average molecular weight is 1300 g/mol. The first-order valence-corrected chi connectivity index (χ1v) is 31.6. The van der Waals surface area contributed by atoms with E-state index in [9.17, 15) is 50.2 Å². The number of nitrogen functional groups attached to an aromatic ring is 2. The number of hydrogen-bond donors (Lipinski definition) is 6. The van der Waals surface area contributed by atoms with E-state index in [-0.39, 0.29) is 157 Å². The van der Waals surface area contributed by atoms with E-state index in [4.69, 9.17) is 54.4 Å². The maximum absolute atomic E-state index is 13.6. The number of carbonyl (C=O) groups excluding carboxylic acids is 3. The number of alkyl carbamates (subject to hydrolysis) is 2. The van der Waals surface area contributed by atoms with Crippen LogP contribution in [0.25, 0.3) is 0 Å². The second kappa shape index (κ2) is 39.5. The Kier molecular flexibility index (Phi) is 37.4. The van der Waals surface area contributed by atoms with Crippen molar-refractivity contribution in [3.63, 3.8) is 0 Å². The van der Waals surface area contributed by atoms with Crippen LogP contribution in [0.1, 0.15) is 53.1 Å². The van der Waals surface area contributed by atoms with E-state index in [0.29, 0.717) is 37.4 Å². The number of amides is 2. The predicted molar refractivity (Wildman–Crippen MR) is 296 cm³/mol. The van der Waals surface area contributed by atoms with Crippen LogP contribution in [-0.4, -0.2) is 148 Å². The largest absolute Gasteiger partial charge is 1.00 e. The van der Waals surface area contributed by atoms with Gasteiger partial charge in [0, 0.05) is 50.4 Å². The van der Waals surface area contributed by atoms with E-state index in [1.807, 2.05) is 27.7 Å². The molecule has 0 spiro atoms. The molecule has 2 aliphatic rings. The number of nitrogens with two attached hydrogens (primary N) is 2. The minimum absolute atomic E-state index is 0. The minimum atomic E-state index is -5.12. The molecule has 0 saturated carbocycles. The molecule has 2 amide bonds. The molecule has 2 fully saturated rings. The Bertz CT molecular complexity index is 2730. The van der Waals surface area contributed by atoms with Crippen LogP contribution in [0.2, 0.25) is 0 Å². The van der Waals surface area contributed by atoms with Crippen molar-refractivity contribution in [2.75, 3.05) is 64.1 Å². The van der Waals surface area contributed by atoms with Gasteiger partial charge in [0.05, 0.1) is 48.3 Å². The third-order valence-corrected chi connectivity index (χ3v) is 16.7. The van der Waals surface area contributed by atoms with Gasteiger partial charge >= 0.3 is 117 Å². The van der Waals surface area contributed by atoms with Crippen molar-refractivity contribution < 1.29 is 188 Å². The van der Waals surface area contributed by atoms with E-state index in [1.54, 1.807) is 60.7 Å². The number of hydrogen-bond acceptors (Lipinski definition) is 20.